The number of ether oxygens (including phenoxy) is 1. The minimum Gasteiger partial charge on any atom is -0.485 e. The van der Waals surface area contributed by atoms with E-state index in [1.165, 1.54) is 18.2 Å². The smallest absolute Gasteiger partial charge is 0.417 e. The van der Waals surface area contributed by atoms with Crippen LogP contribution in [0.5, 0.6) is 5.75 Å². The Bertz CT molecular complexity index is 1960. The molecule has 0 saturated carbocycles. The number of carbonyl (C=O) groups is 1. The number of rotatable bonds is 9. The predicted molar refractivity (Wildman–Crippen MR) is 162 cm³/mol. The largest absolute Gasteiger partial charge is 0.485 e. The Morgan fingerprint density at radius 2 is 1.70 bits per heavy atom. The number of hydrogen-bond acceptors (Lipinski definition) is 9. The molecule has 0 radical (unpaired) electrons. The van der Waals surface area contributed by atoms with E-state index in [0.717, 1.165) is 17.7 Å². The summed E-state index contributed by atoms with van der Waals surface area (Å²) in [5.74, 6) is -0.198. The van der Waals surface area contributed by atoms with Gasteiger partial charge in [-0.05, 0) is 68.3 Å². The summed E-state index contributed by atoms with van der Waals surface area (Å²) in [6.45, 7) is 3.45. The fourth-order valence-corrected chi connectivity index (χ4v) is 9.05. The van der Waals surface area contributed by atoms with Crippen LogP contribution in [-0.4, -0.2) is 51.1 Å². The molecule has 16 heteroatoms. The van der Waals surface area contributed by atoms with Gasteiger partial charge in [0.2, 0.25) is 9.84 Å². The van der Waals surface area contributed by atoms with Crippen LogP contribution in [0.25, 0.3) is 0 Å². The minimum absolute atomic E-state index is 0.185. The lowest BCUT2D eigenvalue weighted by Gasteiger charge is -2.42. The summed E-state index contributed by atoms with van der Waals surface area (Å²) in [4.78, 5) is 16.4. The average molecular weight is 696 g/mol. The number of halogens is 3. The molecular formula is C30H28F3N3O7S3. The summed E-state index contributed by atoms with van der Waals surface area (Å²) in [7, 11) is -8.95. The molecule has 0 unspecified atom stereocenters. The van der Waals surface area contributed by atoms with Gasteiger partial charge in [0.05, 0.1) is 11.6 Å². The lowest BCUT2D eigenvalue weighted by molar-refractivity contribution is -0.137. The van der Waals surface area contributed by atoms with Crippen molar-refractivity contribution in [2.45, 2.75) is 57.6 Å². The summed E-state index contributed by atoms with van der Waals surface area (Å²) >= 11 is 0.360. The number of thiophene rings is 1. The molecule has 0 saturated heterocycles. The van der Waals surface area contributed by atoms with Gasteiger partial charge in [0.15, 0.2) is 5.03 Å². The molecule has 0 bridgehead atoms. The van der Waals surface area contributed by atoms with Gasteiger partial charge in [-0.2, -0.15) is 13.2 Å². The standard InChI is InChI=1S/C30H28F3N3O7S3/c1-29(2)27(37)26(21-16-19(8-10-22(21)43-29)28(38)34-15-14-18-6-4-3-5-7-18)36-46(41,42)25-13-12-24(44-25)45(39,40)23-11-9-20(17-35-23)30(31,32)33/h3-13,16-17,26-27,36-37H,14-15H2,1-2H3,(H,34,38)/t26-,27+/m1/s1. The first-order valence-corrected chi connectivity index (χ1v) is 17.5. The second-order valence-electron chi connectivity index (χ2n) is 11.0. The summed E-state index contributed by atoms with van der Waals surface area (Å²) in [5.41, 5.74) is -1.00. The van der Waals surface area contributed by atoms with Gasteiger partial charge in [0, 0.05) is 23.9 Å². The third-order valence-corrected chi connectivity index (χ3v) is 12.4. The van der Waals surface area contributed by atoms with E-state index in [4.69, 9.17) is 4.74 Å². The van der Waals surface area contributed by atoms with Crippen LogP contribution in [0, 0.1) is 0 Å². The molecule has 10 nitrogen and oxygen atoms in total. The number of hydrogen-bond donors (Lipinski definition) is 3. The van der Waals surface area contributed by atoms with Crippen molar-refractivity contribution in [2.75, 3.05) is 6.54 Å². The van der Waals surface area contributed by atoms with Crippen LogP contribution in [0.1, 0.15) is 46.9 Å². The van der Waals surface area contributed by atoms with E-state index in [1.54, 1.807) is 13.8 Å². The first-order chi connectivity index (χ1) is 21.5. The van der Waals surface area contributed by atoms with Crippen molar-refractivity contribution in [3.63, 3.8) is 0 Å². The molecule has 0 fully saturated rings. The lowest BCUT2D eigenvalue weighted by Crippen LogP contribution is -2.53. The first kappa shape index (κ1) is 33.5. The van der Waals surface area contributed by atoms with Gasteiger partial charge < -0.3 is 15.2 Å². The molecule has 5 rings (SSSR count). The number of sulfonamides is 1. The minimum atomic E-state index is -4.72. The lowest BCUT2D eigenvalue weighted by atomic mass is 9.86. The van der Waals surface area contributed by atoms with Crippen molar-refractivity contribution < 1.29 is 44.6 Å². The van der Waals surface area contributed by atoms with Crippen molar-refractivity contribution >= 4 is 37.1 Å². The number of aliphatic hydroxyl groups excluding tert-OH is 1. The zero-order chi connectivity index (χ0) is 33.5. The number of fused-ring (bicyclic) bond motifs is 1. The van der Waals surface area contributed by atoms with Crippen LogP contribution in [0.2, 0.25) is 0 Å². The SMILES string of the molecule is CC1(C)Oc2ccc(C(=O)NCCc3ccccc3)cc2[C@@H](NS(=O)(=O)c2ccc(S(=O)(=O)c3ccc(C(F)(F)F)cn3)s2)[C@@H]1O. The van der Waals surface area contributed by atoms with Crippen LogP contribution >= 0.6 is 11.3 Å². The zero-order valence-electron chi connectivity index (χ0n) is 24.3. The van der Waals surface area contributed by atoms with Crippen molar-refractivity contribution in [3.8, 4) is 5.75 Å². The number of nitrogens with one attached hydrogen (secondary N) is 2. The monoisotopic (exact) mass is 695 g/mol. The van der Waals surface area contributed by atoms with Crippen LogP contribution in [0.4, 0.5) is 13.2 Å². The Morgan fingerprint density at radius 3 is 2.35 bits per heavy atom. The molecular weight excluding hydrogens is 668 g/mol. The number of benzene rings is 2. The van der Waals surface area contributed by atoms with Gasteiger partial charge in [-0.1, -0.05) is 30.3 Å². The van der Waals surface area contributed by atoms with Gasteiger partial charge in [0.25, 0.3) is 15.9 Å². The molecule has 0 aliphatic carbocycles. The van der Waals surface area contributed by atoms with Gasteiger partial charge >= 0.3 is 6.18 Å². The van der Waals surface area contributed by atoms with Crippen molar-refractivity contribution in [1.82, 2.24) is 15.0 Å². The second kappa shape index (κ2) is 12.4. The zero-order valence-corrected chi connectivity index (χ0v) is 26.7. The molecule has 4 aromatic rings. The summed E-state index contributed by atoms with van der Waals surface area (Å²) in [6, 6.07) is 15.9. The fourth-order valence-electron chi connectivity index (χ4n) is 4.76. The Labute approximate surface area is 267 Å². The maximum absolute atomic E-state index is 13.5. The number of nitrogens with zero attached hydrogens (tertiary/aromatic N) is 1. The number of carbonyl (C=O) groups excluding carboxylic acids is 1. The van der Waals surface area contributed by atoms with Crippen molar-refractivity contribution in [3.05, 3.63) is 101 Å². The highest BCUT2D eigenvalue weighted by atomic mass is 32.3. The summed E-state index contributed by atoms with van der Waals surface area (Å²) in [6.07, 6.45) is -5.20. The Morgan fingerprint density at radius 1 is 1.00 bits per heavy atom. The topological polar surface area (TPSA) is 152 Å². The van der Waals surface area contributed by atoms with Crippen LogP contribution < -0.4 is 14.8 Å². The molecule has 3 heterocycles. The van der Waals surface area contributed by atoms with Gasteiger partial charge in [0.1, 0.15) is 25.9 Å². The van der Waals surface area contributed by atoms with Crippen LogP contribution in [0.3, 0.4) is 0 Å². The molecule has 2 aromatic carbocycles. The summed E-state index contributed by atoms with van der Waals surface area (Å²) in [5, 5.41) is 13.3. The van der Waals surface area contributed by atoms with E-state index < -0.39 is 68.7 Å². The van der Waals surface area contributed by atoms with E-state index in [0.29, 0.717) is 42.6 Å². The maximum atomic E-state index is 13.5. The molecule has 1 aliphatic heterocycles. The van der Waals surface area contributed by atoms with Crippen LogP contribution in [-0.2, 0) is 32.5 Å². The summed E-state index contributed by atoms with van der Waals surface area (Å²) < 4.78 is 99.2. The van der Waals surface area contributed by atoms with E-state index in [-0.39, 0.29) is 16.9 Å². The van der Waals surface area contributed by atoms with Gasteiger partial charge in [-0.25, -0.2) is 26.5 Å². The highest BCUT2D eigenvalue weighted by Gasteiger charge is 2.45. The first-order valence-electron chi connectivity index (χ1n) is 13.7. The fraction of sp³-hybridized carbons (Fsp3) is 0.267. The number of sulfone groups is 1. The maximum Gasteiger partial charge on any atom is 0.417 e. The Balaban J connectivity index is 1.38. The highest BCUT2D eigenvalue weighted by molar-refractivity contribution is 7.95. The van der Waals surface area contributed by atoms with E-state index in [1.807, 2.05) is 30.3 Å². The molecule has 2 aromatic heterocycles. The van der Waals surface area contributed by atoms with E-state index >= 15 is 0 Å². The average Bonchev–Trinajstić information content (AvgIpc) is 3.52. The Kier molecular flexibility index (Phi) is 9.04. The molecule has 3 N–H and O–H groups in total. The number of pyridine rings is 1. The molecule has 0 spiro atoms. The molecule has 2 atom stereocenters. The predicted octanol–water partition coefficient (Wildman–Crippen LogP) is 4.52. The second-order valence-corrected chi connectivity index (χ2v) is 16.1. The number of alkyl halides is 3. The van der Waals surface area contributed by atoms with Crippen molar-refractivity contribution in [2.24, 2.45) is 0 Å². The van der Waals surface area contributed by atoms with E-state index in [9.17, 15) is 39.9 Å². The molecule has 244 valence electrons. The number of amides is 1. The highest BCUT2D eigenvalue weighted by Crippen LogP contribution is 2.41. The van der Waals surface area contributed by atoms with Gasteiger partial charge in [-0.15, -0.1) is 11.3 Å². The number of aliphatic hydroxyl groups is 1. The van der Waals surface area contributed by atoms with E-state index in [2.05, 4.69) is 15.0 Å². The normalized spacial score (nSPS) is 18.0. The van der Waals surface area contributed by atoms with Crippen molar-refractivity contribution in [1.29, 1.82) is 0 Å². The third-order valence-electron chi connectivity index (χ3n) is 7.26. The molecule has 1 aliphatic rings. The molecule has 1 amide bonds. The number of aromatic nitrogens is 1. The van der Waals surface area contributed by atoms with Crippen LogP contribution in [0.15, 0.2) is 92.4 Å². The molecule has 46 heavy (non-hydrogen) atoms. The van der Waals surface area contributed by atoms with Gasteiger partial charge in [-0.3, -0.25) is 4.79 Å². The Hall–Kier alpha value is -3.83. The quantitative estimate of drug-likeness (QED) is 0.231. The third kappa shape index (κ3) is 6.95.